The van der Waals surface area contributed by atoms with Crippen LogP contribution in [0.15, 0.2) is 62.3 Å². The Hall–Kier alpha value is -3.45. The summed E-state index contributed by atoms with van der Waals surface area (Å²) in [6, 6.07) is 13.2. The van der Waals surface area contributed by atoms with Gasteiger partial charge in [0, 0.05) is 16.7 Å². The number of nitrogens with zero attached hydrogens (tertiary/aromatic N) is 2. The number of hydrogen-bond acceptors (Lipinski definition) is 7. The molecule has 0 spiro atoms. The zero-order valence-corrected chi connectivity index (χ0v) is 15.4. The third kappa shape index (κ3) is 3.52. The molecular formula is C20H13ClN2O5. The molecule has 0 atom stereocenters. The monoisotopic (exact) mass is 396 g/mol. The van der Waals surface area contributed by atoms with E-state index < -0.39 is 11.4 Å². The summed E-state index contributed by atoms with van der Waals surface area (Å²) >= 11 is 5.87. The van der Waals surface area contributed by atoms with E-state index in [1.165, 1.54) is 12.1 Å². The summed E-state index contributed by atoms with van der Waals surface area (Å²) < 4.78 is 15.7. The minimum Gasteiger partial charge on any atom is -0.450 e. The van der Waals surface area contributed by atoms with Crippen LogP contribution in [0.4, 0.5) is 0 Å². The summed E-state index contributed by atoms with van der Waals surface area (Å²) in [5, 5.41) is 4.58. The van der Waals surface area contributed by atoms with Crippen LogP contribution in [0.2, 0.25) is 5.02 Å². The number of aromatic nitrogens is 2. The predicted octanol–water partition coefficient (Wildman–Crippen LogP) is 4.16. The number of hydrogen-bond donors (Lipinski definition) is 0. The first-order valence-corrected chi connectivity index (χ1v) is 8.68. The number of aryl methyl sites for hydroxylation is 1. The van der Waals surface area contributed by atoms with Crippen LogP contribution in [0.3, 0.4) is 0 Å². The number of esters is 1. The Labute approximate surface area is 163 Å². The second kappa shape index (κ2) is 7.28. The highest BCUT2D eigenvalue weighted by Gasteiger charge is 2.17. The number of fused-ring (bicyclic) bond motifs is 1. The largest absolute Gasteiger partial charge is 0.450 e. The Balaban J connectivity index is 1.51. The standard InChI is InChI=1S/C20H13ClN2O5/c1-11-4-2-3-5-13(11)19-22-18(28-23-19)10-26-20(25)17-9-15(24)14-8-12(21)6-7-16(14)27-17/h2-9H,10H2,1H3. The second-order valence-corrected chi connectivity index (χ2v) is 6.45. The molecule has 28 heavy (non-hydrogen) atoms. The molecule has 0 aliphatic rings. The van der Waals surface area contributed by atoms with Crippen LogP contribution in [0.5, 0.6) is 0 Å². The molecule has 0 aliphatic heterocycles. The molecule has 4 rings (SSSR count). The van der Waals surface area contributed by atoms with Crippen molar-refractivity contribution in [3.05, 3.63) is 81.0 Å². The highest BCUT2D eigenvalue weighted by molar-refractivity contribution is 6.31. The lowest BCUT2D eigenvalue weighted by molar-refractivity contribution is 0.0394. The maximum absolute atomic E-state index is 12.2. The number of carbonyl (C=O) groups is 1. The van der Waals surface area contributed by atoms with Gasteiger partial charge < -0.3 is 13.7 Å². The Kier molecular flexibility index (Phi) is 4.67. The van der Waals surface area contributed by atoms with Gasteiger partial charge >= 0.3 is 5.97 Å². The van der Waals surface area contributed by atoms with Crippen LogP contribution in [0, 0.1) is 6.92 Å². The topological polar surface area (TPSA) is 95.4 Å². The average Bonchev–Trinajstić information content (AvgIpc) is 3.15. The molecule has 140 valence electrons. The number of ether oxygens (including phenoxy) is 1. The fraction of sp³-hybridized carbons (Fsp3) is 0.100. The van der Waals surface area contributed by atoms with Crippen molar-refractivity contribution >= 4 is 28.5 Å². The van der Waals surface area contributed by atoms with Crippen molar-refractivity contribution in [2.24, 2.45) is 0 Å². The Morgan fingerprint density at radius 2 is 2.00 bits per heavy atom. The minimum atomic E-state index is -0.815. The molecule has 0 radical (unpaired) electrons. The average molecular weight is 397 g/mol. The van der Waals surface area contributed by atoms with Crippen molar-refractivity contribution in [1.82, 2.24) is 10.1 Å². The van der Waals surface area contributed by atoms with Gasteiger partial charge in [-0.3, -0.25) is 4.79 Å². The summed E-state index contributed by atoms with van der Waals surface area (Å²) in [6.07, 6.45) is 0. The fourth-order valence-electron chi connectivity index (χ4n) is 2.67. The molecule has 8 heteroatoms. The van der Waals surface area contributed by atoms with E-state index in [0.717, 1.165) is 17.2 Å². The lowest BCUT2D eigenvalue weighted by Gasteiger charge is -2.03. The molecule has 4 aromatic rings. The smallest absolute Gasteiger partial charge is 0.374 e. The molecule has 0 saturated carbocycles. The molecule has 0 amide bonds. The first-order chi connectivity index (χ1) is 13.5. The van der Waals surface area contributed by atoms with Crippen LogP contribution in [-0.4, -0.2) is 16.1 Å². The van der Waals surface area contributed by atoms with E-state index in [1.54, 1.807) is 6.07 Å². The highest BCUT2D eigenvalue weighted by atomic mass is 35.5. The molecule has 0 bridgehead atoms. The third-order valence-electron chi connectivity index (χ3n) is 4.07. The summed E-state index contributed by atoms with van der Waals surface area (Å²) in [7, 11) is 0. The first-order valence-electron chi connectivity index (χ1n) is 8.30. The normalized spacial score (nSPS) is 10.9. The van der Waals surface area contributed by atoms with E-state index in [2.05, 4.69) is 10.1 Å². The fourth-order valence-corrected chi connectivity index (χ4v) is 2.85. The molecule has 0 aliphatic carbocycles. The van der Waals surface area contributed by atoms with E-state index in [1.807, 2.05) is 31.2 Å². The van der Waals surface area contributed by atoms with Crippen molar-refractivity contribution in [2.75, 3.05) is 0 Å². The maximum Gasteiger partial charge on any atom is 0.374 e. The number of carbonyl (C=O) groups excluding carboxylic acids is 1. The van der Waals surface area contributed by atoms with Crippen LogP contribution >= 0.6 is 11.6 Å². The van der Waals surface area contributed by atoms with Gasteiger partial charge in [0.15, 0.2) is 12.0 Å². The highest BCUT2D eigenvalue weighted by Crippen LogP contribution is 2.21. The molecule has 2 aromatic carbocycles. The van der Waals surface area contributed by atoms with Gasteiger partial charge in [0.1, 0.15) is 5.58 Å². The summed E-state index contributed by atoms with van der Waals surface area (Å²) in [5.41, 5.74) is 1.66. The van der Waals surface area contributed by atoms with E-state index in [-0.39, 0.29) is 29.2 Å². The maximum atomic E-state index is 12.2. The quantitative estimate of drug-likeness (QED) is 0.478. The molecule has 7 nitrogen and oxygen atoms in total. The Morgan fingerprint density at radius 3 is 2.82 bits per heavy atom. The molecular weight excluding hydrogens is 384 g/mol. The van der Waals surface area contributed by atoms with Crippen LogP contribution in [-0.2, 0) is 11.3 Å². The molecule has 0 unspecified atom stereocenters. The third-order valence-corrected chi connectivity index (χ3v) is 4.31. The van der Waals surface area contributed by atoms with Gasteiger partial charge in [0.25, 0.3) is 5.89 Å². The zero-order valence-electron chi connectivity index (χ0n) is 14.6. The van der Waals surface area contributed by atoms with Gasteiger partial charge in [-0.2, -0.15) is 4.98 Å². The molecule has 2 heterocycles. The van der Waals surface area contributed by atoms with Crippen molar-refractivity contribution in [3.63, 3.8) is 0 Å². The molecule has 0 fully saturated rings. The number of halogens is 1. The summed E-state index contributed by atoms with van der Waals surface area (Å²) in [4.78, 5) is 28.6. The van der Waals surface area contributed by atoms with Gasteiger partial charge in [-0.1, -0.05) is 41.0 Å². The van der Waals surface area contributed by atoms with Gasteiger partial charge in [0.05, 0.1) is 5.39 Å². The number of rotatable bonds is 4. The van der Waals surface area contributed by atoms with E-state index in [9.17, 15) is 9.59 Å². The Morgan fingerprint density at radius 1 is 1.18 bits per heavy atom. The van der Waals surface area contributed by atoms with Crippen molar-refractivity contribution in [1.29, 1.82) is 0 Å². The van der Waals surface area contributed by atoms with Crippen LogP contribution < -0.4 is 5.43 Å². The van der Waals surface area contributed by atoms with Crippen LogP contribution in [0.1, 0.15) is 22.0 Å². The lowest BCUT2D eigenvalue weighted by atomic mass is 10.1. The lowest BCUT2D eigenvalue weighted by Crippen LogP contribution is -2.10. The van der Waals surface area contributed by atoms with E-state index in [4.69, 9.17) is 25.3 Å². The van der Waals surface area contributed by atoms with Gasteiger partial charge in [-0.15, -0.1) is 0 Å². The zero-order chi connectivity index (χ0) is 19.7. The predicted molar refractivity (Wildman–Crippen MR) is 101 cm³/mol. The van der Waals surface area contributed by atoms with E-state index >= 15 is 0 Å². The van der Waals surface area contributed by atoms with E-state index in [0.29, 0.717) is 10.8 Å². The minimum absolute atomic E-state index is 0.126. The van der Waals surface area contributed by atoms with Crippen molar-refractivity contribution < 1.29 is 18.5 Å². The first kappa shape index (κ1) is 17.9. The van der Waals surface area contributed by atoms with Crippen LogP contribution in [0.25, 0.3) is 22.4 Å². The number of benzene rings is 2. The van der Waals surface area contributed by atoms with Crippen molar-refractivity contribution in [2.45, 2.75) is 13.5 Å². The molecule has 0 N–H and O–H groups in total. The summed E-state index contributed by atoms with van der Waals surface area (Å²) in [6.45, 7) is 1.68. The van der Waals surface area contributed by atoms with Gasteiger partial charge in [-0.05, 0) is 30.7 Å². The SMILES string of the molecule is Cc1ccccc1-c1noc(COC(=O)c2cc(=O)c3cc(Cl)ccc3o2)n1. The van der Waals surface area contributed by atoms with Crippen molar-refractivity contribution in [3.8, 4) is 11.4 Å². The van der Waals surface area contributed by atoms with Gasteiger partial charge in [0.2, 0.25) is 11.6 Å². The molecule has 2 aromatic heterocycles. The van der Waals surface area contributed by atoms with Gasteiger partial charge in [-0.25, -0.2) is 4.79 Å². The second-order valence-electron chi connectivity index (χ2n) is 6.02. The molecule has 0 saturated heterocycles. The summed E-state index contributed by atoms with van der Waals surface area (Å²) in [5.74, 6) is -0.511. The Bertz CT molecular complexity index is 1240.